The van der Waals surface area contributed by atoms with Crippen molar-refractivity contribution in [2.24, 2.45) is 5.73 Å². The lowest BCUT2D eigenvalue weighted by atomic mass is 10.0. The highest BCUT2D eigenvalue weighted by molar-refractivity contribution is 7.92. The van der Waals surface area contributed by atoms with Gasteiger partial charge in [-0.05, 0) is 53.9 Å². The van der Waals surface area contributed by atoms with E-state index in [2.05, 4.69) is 15.0 Å². The van der Waals surface area contributed by atoms with Gasteiger partial charge in [0.25, 0.3) is 0 Å². The number of hydrogen-bond acceptors (Lipinski definition) is 7. The predicted molar refractivity (Wildman–Crippen MR) is 137 cm³/mol. The van der Waals surface area contributed by atoms with Crippen molar-refractivity contribution in [1.82, 2.24) is 9.97 Å². The molecule has 5 N–H and O–H groups in total. The predicted octanol–water partition coefficient (Wildman–Crippen LogP) is 4.19. The van der Waals surface area contributed by atoms with Crippen LogP contribution in [0.2, 0.25) is 0 Å². The van der Waals surface area contributed by atoms with Gasteiger partial charge in [0.2, 0.25) is 10.0 Å². The van der Waals surface area contributed by atoms with E-state index in [1.54, 1.807) is 24.3 Å². The average molecular weight is 478 g/mol. The van der Waals surface area contributed by atoms with Crippen LogP contribution in [0.15, 0.2) is 66.7 Å². The number of phenols is 1. The molecule has 0 fully saturated rings. The number of fused-ring (bicyclic) bond motifs is 1. The summed E-state index contributed by atoms with van der Waals surface area (Å²) in [5, 5.41) is 14.8. The highest BCUT2D eigenvalue weighted by Gasteiger charge is 2.14. The molecule has 0 amide bonds. The van der Waals surface area contributed by atoms with Gasteiger partial charge in [0, 0.05) is 23.7 Å². The van der Waals surface area contributed by atoms with Crippen molar-refractivity contribution in [1.29, 1.82) is 0 Å². The molecule has 1 aromatic heterocycles. The Labute approximate surface area is 198 Å². The molecule has 34 heavy (non-hydrogen) atoms. The van der Waals surface area contributed by atoms with Crippen molar-refractivity contribution >= 4 is 32.4 Å². The number of benzene rings is 3. The van der Waals surface area contributed by atoms with E-state index >= 15 is 0 Å². The maximum Gasteiger partial charge on any atom is 0.229 e. The Balaban J connectivity index is 1.73. The monoisotopic (exact) mass is 477 g/mol. The van der Waals surface area contributed by atoms with E-state index in [9.17, 15) is 13.5 Å². The third kappa shape index (κ3) is 5.44. The first-order valence-corrected chi connectivity index (χ1v) is 12.8. The molecular weight excluding hydrogens is 450 g/mol. The Morgan fingerprint density at radius 3 is 2.41 bits per heavy atom. The second kappa shape index (κ2) is 9.66. The first-order valence-electron chi connectivity index (χ1n) is 10.9. The highest BCUT2D eigenvalue weighted by atomic mass is 32.2. The lowest BCUT2D eigenvalue weighted by Gasteiger charge is -2.15. The summed E-state index contributed by atoms with van der Waals surface area (Å²) in [6.07, 6.45) is 1.94. The van der Waals surface area contributed by atoms with Gasteiger partial charge in [-0.2, -0.15) is 0 Å². The second-order valence-electron chi connectivity index (χ2n) is 8.15. The maximum atomic E-state index is 11.5. The van der Waals surface area contributed by atoms with Gasteiger partial charge in [-0.3, -0.25) is 4.72 Å². The summed E-state index contributed by atoms with van der Waals surface area (Å²) in [5.41, 5.74) is 9.49. The van der Waals surface area contributed by atoms with Crippen LogP contribution in [0.4, 0.5) is 11.5 Å². The molecule has 1 atom stereocenters. The van der Waals surface area contributed by atoms with Crippen LogP contribution in [0.25, 0.3) is 33.4 Å². The van der Waals surface area contributed by atoms with Gasteiger partial charge in [0.1, 0.15) is 11.6 Å². The fourth-order valence-electron chi connectivity index (χ4n) is 3.54. The zero-order valence-electron chi connectivity index (χ0n) is 19.0. The van der Waals surface area contributed by atoms with E-state index in [-0.39, 0.29) is 11.8 Å². The van der Waals surface area contributed by atoms with Crippen LogP contribution in [0, 0.1) is 0 Å². The molecule has 0 aliphatic heterocycles. The summed E-state index contributed by atoms with van der Waals surface area (Å²) >= 11 is 0. The number of nitrogens with zero attached hydrogens (tertiary/aromatic N) is 2. The number of nitrogens with one attached hydrogen (secondary N) is 2. The zero-order valence-corrected chi connectivity index (χ0v) is 19.8. The second-order valence-corrected chi connectivity index (χ2v) is 9.89. The van der Waals surface area contributed by atoms with E-state index in [4.69, 9.17) is 10.7 Å². The molecule has 4 aromatic rings. The average Bonchev–Trinajstić information content (AvgIpc) is 2.82. The van der Waals surface area contributed by atoms with E-state index in [0.717, 1.165) is 34.7 Å². The molecule has 9 heteroatoms. The first kappa shape index (κ1) is 23.5. The van der Waals surface area contributed by atoms with E-state index in [1.165, 1.54) is 0 Å². The van der Waals surface area contributed by atoms with Crippen LogP contribution in [0.3, 0.4) is 0 Å². The zero-order chi connectivity index (χ0) is 24.3. The standard InChI is InChI=1S/C25H27N5O3S/c1-3-18(26)15-27-24-20-6-4-5-7-22(20)28-25(29-24)21-14-17(10-13-23(21)31)16-8-11-19(12-9-16)30-34(2,32)33/h4-14,18,30-31H,3,15,26H2,1-2H3,(H,27,28,29). The van der Waals surface area contributed by atoms with Gasteiger partial charge in [0.15, 0.2) is 5.82 Å². The fraction of sp³-hybridized carbons (Fsp3) is 0.200. The molecular formula is C25H27N5O3S. The van der Waals surface area contributed by atoms with Crippen LogP contribution in [0.1, 0.15) is 13.3 Å². The van der Waals surface area contributed by atoms with Crippen molar-refractivity contribution in [2.75, 3.05) is 22.8 Å². The summed E-state index contributed by atoms with van der Waals surface area (Å²) in [7, 11) is -3.35. The summed E-state index contributed by atoms with van der Waals surface area (Å²) in [6.45, 7) is 2.60. The number of phenolic OH excluding ortho intramolecular Hbond substituents is 1. The molecule has 0 saturated carbocycles. The molecule has 1 heterocycles. The SMILES string of the molecule is CCC(N)CNc1nc(-c2cc(-c3ccc(NS(C)(=O)=O)cc3)ccc2O)nc2ccccc12. The Bertz CT molecular complexity index is 1420. The van der Waals surface area contributed by atoms with Crippen LogP contribution in [-0.2, 0) is 10.0 Å². The highest BCUT2D eigenvalue weighted by Crippen LogP contribution is 2.34. The minimum Gasteiger partial charge on any atom is -0.507 e. The normalized spacial score (nSPS) is 12.4. The van der Waals surface area contributed by atoms with Gasteiger partial charge in [-0.1, -0.05) is 37.3 Å². The Hall–Kier alpha value is -3.69. The number of rotatable bonds is 8. The first-order chi connectivity index (χ1) is 16.2. The minimum absolute atomic E-state index is 0.00549. The van der Waals surface area contributed by atoms with Crippen LogP contribution in [-0.4, -0.2) is 42.3 Å². The molecule has 1 unspecified atom stereocenters. The van der Waals surface area contributed by atoms with Gasteiger partial charge < -0.3 is 16.2 Å². The van der Waals surface area contributed by atoms with E-state index in [1.807, 2.05) is 49.4 Å². The maximum absolute atomic E-state index is 11.5. The number of para-hydroxylation sites is 1. The van der Waals surface area contributed by atoms with Crippen molar-refractivity contribution in [3.63, 3.8) is 0 Å². The molecule has 4 rings (SSSR count). The molecule has 0 aliphatic rings. The quantitative estimate of drug-likeness (QED) is 0.299. The van der Waals surface area contributed by atoms with Crippen LogP contribution < -0.4 is 15.8 Å². The Kier molecular flexibility index (Phi) is 6.67. The summed E-state index contributed by atoms with van der Waals surface area (Å²) < 4.78 is 25.4. The third-order valence-electron chi connectivity index (χ3n) is 5.42. The molecule has 176 valence electrons. The number of nitrogens with two attached hydrogens (primary N) is 1. The van der Waals surface area contributed by atoms with Crippen LogP contribution >= 0.6 is 0 Å². The molecule has 0 aliphatic carbocycles. The minimum atomic E-state index is -3.35. The lowest BCUT2D eigenvalue weighted by molar-refractivity contribution is 0.477. The van der Waals surface area contributed by atoms with Gasteiger partial charge in [-0.25, -0.2) is 18.4 Å². The number of aromatic hydroxyl groups is 1. The fourth-order valence-corrected chi connectivity index (χ4v) is 4.11. The lowest BCUT2D eigenvalue weighted by Crippen LogP contribution is -2.28. The molecule has 0 bridgehead atoms. The topological polar surface area (TPSA) is 130 Å². The van der Waals surface area contributed by atoms with Crippen molar-refractivity contribution < 1.29 is 13.5 Å². The molecule has 0 spiro atoms. The number of sulfonamides is 1. The molecule has 3 aromatic carbocycles. The van der Waals surface area contributed by atoms with E-state index in [0.29, 0.717) is 29.4 Å². The van der Waals surface area contributed by atoms with E-state index < -0.39 is 10.0 Å². The Morgan fingerprint density at radius 2 is 1.71 bits per heavy atom. The summed E-state index contributed by atoms with van der Waals surface area (Å²) in [4.78, 5) is 9.40. The van der Waals surface area contributed by atoms with Gasteiger partial charge in [0.05, 0.1) is 17.3 Å². The number of hydrogen-bond donors (Lipinski definition) is 4. The summed E-state index contributed by atoms with van der Waals surface area (Å²) in [6, 6.07) is 19.9. The summed E-state index contributed by atoms with van der Waals surface area (Å²) in [5.74, 6) is 1.11. The molecule has 0 radical (unpaired) electrons. The Morgan fingerprint density at radius 1 is 1.00 bits per heavy atom. The number of aromatic nitrogens is 2. The van der Waals surface area contributed by atoms with Crippen LogP contribution in [0.5, 0.6) is 5.75 Å². The van der Waals surface area contributed by atoms with Crippen molar-refractivity contribution in [3.05, 3.63) is 66.7 Å². The van der Waals surface area contributed by atoms with Gasteiger partial charge >= 0.3 is 0 Å². The van der Waals surface area contributed by atoms with Gasteiger partial charge in [-0.15, -0.1) is 0 Å². The number of anilines is 2. The smallest absolute Gasteiger partial charge is 0.229 e. The molecule has 8 nitrogen and oxygen atoms in total. The largest absolute Gasteiger partial charge is 0.507 e. The third-order valence-corrected chi connectivity index (χ3v) is 6.02. The molecule has 0 saturated heterocycles. The van der Waals surface area contributed by atoms with Crippen molar-refractivity contribution in [2.45, 2.75) is 19.4 Å². The van der Waals surface area contributed by atoms with Crippen molar-refractivity contribution in [3.8, 4) is 28.3 Å².